The number of hydrogen-bond acceptors (Lipinski definition) is 4. The Kier molecular flexibility index (Phi) is 6.90. The van der Waals surface area contributed by atoms with E-state index in [2.05, 4.69) is 22.0 Å². The number of anilines is 2. The molecule has 0 aromatic heterocycles. The first kappa shape index (κ1) is 20.2. The van der Waals surface area contributed by atoms with Gasteiger partial charge < -0.3 is 20.2 Å². The van der Waals surface area contributed by atoms with E-state index in [0.29, 0.717) is 19.6 Å². The summed E-state index contributed by atoms with van der Waals surface area (Å²) in [5, 5.41) is 13.5. The monoisotopic (exact) mass is 382 g/mol. The Balaban J connectivity index is 1.52. The third-order valence-corrected chi connectivity index (χ3v) is 5.31. The molecule has 0 bridgehead atoms. The van der Waals surface area contributed by atoms with Crippen LogP contribution < -0.4 is 10.2 Å². The maximum atomic E-state index is 12.7. The van der Waals surface area contributed by atoms with Gasteiger partial charge in [0.2, 0.25) is 0 Å². The van der Waals surface area contributed by atoms with E-state index < -0.39 is 6.10 Å². The summed E-state index contributed by atoms with van der Waals surface area (Å²) in [7, 11) is 2.02. The predicted octanol–water partition coefficient (Wildman–Crippen LogP) is 3.03. The normalized spacial score (nSPS) is 15.9. The number of aliphatic hydroxyl groups excluding tert-OH is 1. The van der Waals surface area contributed by atoms with Crippen molar-refractivity contribution in [1.82, 2.24) is 9.80 Å². The third-order valence-electron chi connectivity index (χ3n) is 5.31. The standard InChI is InChI=1S/C22H30N4O2/c1-3-24(2)20-12-8-7-11-19(20)23-22(28)26-15-13-25(14-16-26)17-21(27)18-9-5-4-6-10-18/h4-12,21,27H,3,13-17H2,1-2H3,(H,23,28). The SMILES string of the molecule is CCN(C)c1ccccc1NC(=O)N1CCN(CC(O)c2ccccc2)CC1. The van der Waals surface area contributed by atoms with Crippen LogP contribution in [0, 0.1) is 0 Å². The highest BCUT2D eigenvalue weighted by molar-refractivity contribution is 5.93. The van der Waals surface area contributed by atoms with Gasteiger partial charge >= 0.3 is 6.03 Å². The van der Waals surface area contributed by atoms with E-state index in [1.165, 1.54) is 0 Å². The smallest absolute Gasteiger partial charge is 0.321 e. The quantitative estimate of drug-likeness (QED) is 0.806. The van der Waals surface area contributed by atoms with Gasteiger partial charge in [-0.1, -0.05) is 42.5 Å². The van der Waals surface area contributed by atoms with E-state index in [4.69, 9.17) is 0 Å². The van der Waals surface area contributed by atoms with Crippen molar-refractivity contribution in [2.24, 2.45) is 0 Å². The second kappa shape index (κ2) is 9.57. The summed E-state index contributed by atoms with van der Waals surface area (Å²) in [5.41, 5.74) is 2.78. The van der Waals surface area contributed by atoms with Gasteiger partial charge in [-0.3, -0.25) is 4.90 Å². The molecule has 1 unspecified atom stereocenters. The van der Waals surface area contributed by atoms with E-state index in [1.54, 1.807) is 0 Å². The highest BCUT2D eigenvalue weighted by Crippen LogP contribution is 2.25. The summed E-state index contributed by atoms with van der Waals surface area (Å²) in [5.74, 6) is 0. The highest BCUT2D eigenvalue weighted by atomic mass is 16.3. The second-order valence-electron chi connectivity index (χ2n) is 7.18. The highest BCUT2D eigenvalue weighted by Gasteiger charge is 2.23. The fraction of sp³-hybridized carbons (Fsp3) is 0.409. The number of hydrogen-bond donors (Lipinski definition) is 2. The molecule has 2 amide bonds. The minimum absolute atomic E-state index is 0.0692. The molecule has 0 saturated carbocycles. The number of β-amino-alcohol motifs (C(OH)–C–C–N with tert-alkyl or cyclic N) is 1. The Morgan fingerprint density at radius 2 is 1.71 bits per heavy atom. The summed E-state index contributed by atoms with van der Waals surface area (Å²) >= 11 is 0. The Hall–Kier alpha value is -2.57. The Bertz CT molecular complexity index is 760. The number of urea groups is 1. The van der Waals surface area contributed by atoms with Crippen molar-refractivity contribution >= 4 is 17.4 Å². The number of carbonyl (C=O) groups is 1. The van der Waals surface area contributed by atoms with Crippen LogP contribution in [0.2, 0.25) is 0 Å². The van der Waals surface area contributed by atoms with Gasteiger partial charge in [0, 0.05) is 46.3 Å². The van der Waals surface area contributed by atoms with Crippen LogP contribution in [0.15, 0.2) is 54.6 Å². The Labute approximate surface area is 167 Å². The van der Waals surface area contributed by atoms with Crippen molar-refractivity contribution in [2.45, 2.75) is 13.0 Å². The lowest BCUT2D eigenvalue weighted by molar-refractivity contribution is 0.0831. The number of nitrogens with one attached hydrogen (secondary N) is 1. The average molecular weight is 383 g/mol. The minimum Gasteiger partial charge on any atom is -0.387 e. The molecule has 1 heterocycles. The van der Waals surface area contributed by atoms with E-state index in [0.717, 1.165) is 36.6 Å². The fourth-order valence-electron chi connectivity index (χ4n) is 3.44. The molecule has 1 fully saturated rings. The van der Waals surface area contributed by atoms with Gasteiger partial charge in [-0.15, -0.1) is 0 Å². The Morgan fingerprint density at radius 1 is 1.07 bits per heavy atom. The summed E-state index contributed by atoms with van der Waals surface area (Å²) in [6, 6.07) is 17.5. The van der Waals surface area contributed by atoms with Crippen molar-refractivity contribution < 1.29 is 9.90 Å². The molecule has 1 atom stereocenters. The van der Waals surface area contributed by atoms with Gasteiger partial charge in [0.1, 0.15) is 0 Å². The number of nitrogens with zero attached hydrogens (tertiary/aromatic N) is 3. The summed E-state index contributed by atoms with van der Waals surface area (Å²) in [6.45, 7) is 6.36. The zero-order valence-corrected chi connectivity index (χ0v) is 16.7. The van der Waals surface area contributed by atoms with Crippen molar-refractivity contribution in [3.05, 3.63) is 60.2 Å². The van der Waals surface area contributed by atoms with Crippen LogP contribution in [-0.2, 0) is 0 Å². The first-order valence-electron chi connectivity index (χ1n) is 9.90. The van der Waals surface area contributed by atoms with Crippen molar-refractivity contribution in [2.75, 3.05) is 56.5 Å². The van der Waals surface area contributed by atoms with Crippen molar-refractivity contribution in [3.8, 4) is 0 Å². The number of benzene rings is 2. The second-order valence-corrected chi connectivity index (χ2v) is 7.18. The molecular formula is C22H30N4O2. The van der Waals surface area contributed by atoms with E-state index in [9.17, 15) is 9.90 Å². The average Bonchev–Trinajstić information content (AvgIpc) is 2.74. The fourth-order valence-corrected chi connectivity index (χ4v) is 3.44. The maximum Gasteiger partial charge on any atom is 0.321 e. The Morgan fingerprint density at radius 3 is 2.39 bits per heavy atom. The van der Waals surface area contributed by atoms with Gasteiger partial charge in [-0.05, 0) is 24.6 Å². The number of para-hydroxylation sites is 2. The first-order chi connectivity index (χ1) is 13.6. The summed E-state index contributed by atoms with van der Waals surface area (Å²) in [6.07, 6.45) is -0.502. The predicted molar refractivity (Wildman–Crippen MR) is 114 cm³/mol. The van der Waals surface area contributed by atoms with Gasteiger partial charge in [0.05, 0.1) is 17.5 Å². The molecule has 28 heavy (non-hydrogen) atoms. The molecule has 1 saturated heterocycles. The van der Waals surface area contributed by atoms with Crippen molar-refractivity contribution in [1.29, 1.82) is 0 Å². The number of piperazine rings is 1. The van der Waals surface area contributed by atoms with Gasteiger partial charge in [-0.2, -0.15) is 0 Å². The van der Waals surface area contributed by atoms with Crippen LogP contribution in [0.25, 0.3) is 0 Å². The lowest BCUT2D eigenvalue weighted by Gasteiger charge is -2.35. The van der Waals surface area contributed by atoms with E-state index in [-0.39, 0.29) is 6.03 Å². The first-order valence-corrected chi connectivity index (χ1v) is 9.90. The number of carbonyl (C=O) groups excluding carboxylic acids is 1. The maximum absolute atomic E-state index is 12.7. The molecule has 0 spiro atoms. The molecule has 0 aliphatic carbocycles. The third kappa shape index (κ3) is 5.03. The minimum atomic E-state index is -0.502. The molecule has 3 rings (SSSR count). The van der Waals surface area contributed by atoms with Gasteiger partial charge in [-0.25, -0.2) is 4.79 Å². The largest absolute Gasteiger partial charge is 0.387 e. The van der Waals surface area contributed by atoms with Crippen molar-refractivity contribution in [3.63, 3.8) is 0 Å². The molecule has 2 aromatic carbocycles. The van der Waals surface area contributed by atoms with Crippen LogP contribution in [0.5, 0.6) is 0 Å². The van der Waals surface area contributed by atoms with Gasteiger partial charge in [0.15, 0.2) is 0 Å². The number of aliphatic hydroxyl groups is 1. The zero-order chi connectivity index (χ0) is 19.9. The van der Waals surface area contributed by atoms with Gasteiger partial charge in [0.25, 0.3) is 0 Å². The van der Waals surface area contributed by atoms with E-state index in [1.807, 2.05) is 66.5 Å². The van der Waals surface area contributed by atoms with Crippen LogP contribution >= 0.6 is 0 Å². The molecule has 2 N–H and O–H groups in total. The molecule has 1 aliphatic heterocycles. The molecule has 6 nitrogen and oxygen atoms in total. The molecule has 150 valence electrons. The summed E-state index contributed by atoms with van der Waals surface area (Å²) in [4.78, 5) is 18.9. The zero-order valence-electron chi connectivity index (χ0n) is 16.7. The number of rotatable bonds is 6. The van der Waals surface area contributed by atoms with Crippen LogP contribution in [0.3, 0.4) is 0 Å². The lowest BCUT2D eigenvalue weighted by atomic mass is 10.1. The molecule has 6 heteroatoms. The summed E-state index contributed by atoms with van der Waals surface area (Å²) < 4.78 is 0. The lowest BCUT2D eigenvalue weighted by Crippen LogP contribution is -2.50. The topological polar surface area (TPSA) is 59.1 Å². The van der Waals surface area contributed by atoms with E-state index >= 15 is 0 Å². The van der Waals surface area contributed by atoms with Crippen LogP contribution in [-0.4, -0.2) is 67.3 Å². The molecule has 1 aliphatic rings. The van der Waals surface area contributed by atoms with Crippen LogP contribution in [0.4, 0.5) is 16.2 Å². The molecule has 0 radical (unpaired) electrons. The molecule has 2 aromatic rings. The molecular weight excluding hydrogens is 352 g/mol. The number of amides is 2. The van der Waals surface area contributed by atoms with Crippen LogP contribution in [0.1, 0.15) is 18.6 Å².